The number of nitrogens with one attached hydrogen (secondary N) is 1. The van der Waals surface area contributed by atoms with E-state index < -0.39 is 23.9 Å². The van der Waals surface area contributed by atoms with Crippen LogP contribution in [0.4, 0.5) is 0 Å². The van der Waals surface area contributed by atoms with Gasteiger partial charge in [0, 0.05) is 17.5 Å². The number of fused-ring (bicyclic) bond motifs is 2. The summed E-state index contributed by atoms with van der Waals surface area (Å²) in [7, 11) is 0. The van der Waals surface area contributed by atoms with E-state index in [2.05, 4.69) is 10.3 Å². The van der Waals surface area contributed by atoms with Gasteiger partial charge in [0.15, 0.2) is 5.58 Å². The molecule has 0 bridgehead atoms. The van der Waals surface area contributed by atoms with E-state index in [1.54, 1.807) is 26.0 Å². The van der Waals surface area contributed by atoms with E-state index in [-0.39, 0.29) is 26.1 Å². The molecule has 8 nitrogen and oxygen atoms in total. The van der Waals surface area contributed by atoms with Crippen molar-refractivity contribution in [1.82, 2.24) is 10.3 Å². The Kier molecular flexibility index (Phi) is 7.40. The summed E-state index contributed by atoms with van der Waals surface area (Å²) in [5.41, 5.74) is 2.72. The smallest absolute Gasteiger partial charge is 0.328 e. The molecule has 4 rings (SSSR count). The molecule has 0 aliphatic heterocycles. The number of carbonyl (C=O) groups excluding carboxylic acids is 3. The third-order valence-corrected chi connectivity index (χ3v) is 5.46. The zero-order chi connectivity index (χ0) is 24.8. The summed E-state index contributed by atoms with van der Waals surface area (Å²) >= 11 is 0. The average molecular weight is 475 g/mol. The Morgan fingerprint density at radius 1 is 0.943 bits per heavy atom. The molecule has 0 aliphatic carbocycles. The highest BCUT2D eigenvalue weighted by molar-refractivity contribution is 6.00. The Hall–Kier alpha value is -4.20. The van der Waals surface area contributed by atoms with Crippen molar-refractivity contribution >= 4 is 39.7 Å². The maximum Gasteiger partial charge on any atom is 0.328 e. The first-order valence-corrected chi connectivity index (χ1v) is 11.5. The number of aromatic nitrogens is 1. The molecule has 0 radical (unpaired) electrons. The molecular formula is C27H26N2O6. The molecule has 0 saturated carbocycles. The molecule has 0 fully saturated rings. The predicted molar refractivity (Wildman–Crippen MR) is 131 cm³/mol. The van der Waals surface area contributed by atoms with Gasteiger partial charge in [0.1, 0.15) is 11.6 Å². The standard InChI is InChI=1S/C27H26N2O6/c1-3-33-24(30)14-13-22(27(32)34-4-2)28-25(31)19-11-9-18-16-20(12-10-17(18)15-19)26-29-21-7-5-6-8-23(21)35-26/h5-12,15-16,22H,3-4,13-14H2,1-2H3,(H,28,31). The zero-order valence-electron chi connectivity index (χ0n) is 19.6. The van der Waals surface area contributed by atoms with Gasteiger partial charge in [0.05, 0.1) is 13.2 Å². The van der Waals surface area contributed by atoms with Crippen molar-refractivity contribution in [2.75, 3.05) is 13.2 Å². The van der Waals surface area contributed by atoms with Crippen LogP contribution in [0.3, 0.4) is 0 Å². The lowest BCUT2D eigenvalue weighted by Crippen LogP contribution is -2.42. The lowest BCUT2D eigenvalue weighted by Gasteiger charge is -2.17. The molecule has 0 spiro atoms. The molecular weight excluding hydrogens is 448 g/mol. The predicted octanol–water partition coefficient (Wildman–Crippen LogP) is 4.65. The highest BCUT2D eigenvalue weighted by atomic mass is 16.5. The van der Waals surface area contributed by atoms with Crippen LogP contribution in [0, 0.1) is 0 Å². The largest absolute Gasteiger partial charge is 0.466 e. The van der Waals surface area contributed by atoms with Crippen LogP contribution in [0.25, 0.3) is 33.3 Å². The van der Waals surface area contributed by atoms with Gasteiger partial charge in [0.25, 0.3) is 5.91 Å². The third-order valence-electron chi connectivity index (χ3n) is 5.46. The number of para-hydroxylation sites is 2. The Morgan fingerprint density at radius 2 is 1.69 bits per heavy atom. The summed E-state index contributed by atoms with van der Waals surface area (Å²) in [4.78, 5) is 41.5. The van der Waals surface area contributed by atoms with Crippen LogP contribution < -0.4 is 5.32 Å². The van der Waals surface area contributed by atoms with Gasteiger partial charge in [-0.15, -0.1) is 0 Å². The normalized spacial score (nSPS) is 11.8. The number of amides is 1. The first kappa shape index (κ1) is 23.9. The monoisotopic (exact) mass is 474 g/mol. The van der Waals surface area contributed by atoms with Crippen molar-refractivity contribution in [1.29, 1.82) is 0 Å². The van der Waals surface area contributed by atoms with Crippen LogP contribution in [0.2, 0.25) is 0 Å². The number of ether oxygens (including phenoxy) is 2. The first-order chi connectivity index (χ1) is 17.0. The van der Waals surface area contributed by atoms with E-state index in [1.807, 2.05) is 48.5 Å². The van der Waals surface area contributed by atoms with Gasteiger partial charge in [-0.2, -0.15) is 0 Å². The van der Waals surface area contributed by atoms with Crippen molar-refractivity contribution < 1.29 is 28.3 Å². The molecule has 180 valence electrons. The lowest BCUT2D eigenvalue weighted by atomic mass is 10.0. The van der Waals surface area contributed by atoms with Crippen LogP contribution in [0.1, 0.15) is 37.0 Å². The molecule has 8 heteroatoms. The molecule has 1 atom stereocenters. The fourth-order valence-electron chi connectivity index (χ4n) is 3.74. The van der Waals surface area contributed by atoms with Gasteiger partial charge in [-0.1, -0.05) is 24.3 Å². The molecule has 0 saturated heterocycles. The number of esters is 2. The number of benzene rings is 3. The Morgan fingerprint density at radius 3 is 2.46 bits per heavy atom. The molecule has 4 aromatic rings. The minimum Gasteiger partial charge on any atom is -0.466 e. The summed E-state index contributed by atoms with van der Waals surface area (Å²) < 4.78 is 15.8. The quantitative estimate of drug-likeness (QED) is 0.352. The molecule has 1 amide bonds. The van der Waals surface area contributed by atoms with E-state index in [1.165, 1.54) is 0 Å². The number of hydrogen-bond acceptors (Lipinski definition) is 7. The van der Waals surface area contributed by atoms with Crippen LogP contribution in [-0.4, -0.2) is 42.1 Å². The second-order valence-corrected chi connectivity index (χ2v) is 7.89. The van der Waals surface area contributed by atoms with E-state index in [0.717, 1.165) is 21.9 Å². The summed E-state index contributed by atoms with van der Waals surface area (Å²) in [6, 6.07) is 17.6. The molecule has 1 N–H and O–H groups in total. The zero-order valence-corrected chi connectivity index (χ0v) is 19.6. The summed E-state index contributed by atoms with van der Waals surface area (Å²) in [5, 5.41) is 4.44. The van der Waals surface area contributed by atoms with E-state index in [4.69, 9.17) is 13.9 Å². The Balaban J connectivity index is 1.51. The highest BCUT2D eigenvalue weighted by Gasteiger charge is 2.24. The van der Waals surface area contributed by atoms with Gasteiger partial charge in [-0.3, -0.25) is 9.59 Å². The number of rotatable bonds is 9. The molecule has 1 aromatic heterocycles. The molecule has 1 unspecified atom stereocenters. The van der Waals surface area contributed by atoms with Crippen LogP contribution in [0.5, 0.6) is 0 Å². The number of nitrogens with zero attached hydrogens (tertiary/aromatic N) is 1. The summed E-state index contributed by atoms with van der Waals surface area (Å²) in [6.07, 6.45) is 0.0821. The first-order valence-electron chi connectivity index (χ1n) is 11.5. The lowest BCUT2D eigenvalue weighted by molar-refractivity contribution is -0.146. The second-order valence-electron chi connectivity index (χ2n) is 7.89. The molecule has 1 heterocycles. The van der Waals surface area contributed by atoms with E-state index >= 15 is 0 Å². The van der Waals surface area contributed by atoms with Gasteiger partial charge in [0.2, 0.25) is 5.89 Å². The third kappa shape index (κ3) is 5.66. The fourth-order valence-corrected chi connectivity index (χ4v) is 3.74. The fraction of sp³-hybridized carbons (Fsp3) is 0.259. The van der Waals surface area contributed by atoms with Crippen molar-refractivity contribution in [3.05, 3.63) is 66.2 Å². The minimum atomic E-state index is -0.955. The van der Waals surface area contributed by atoms with Crippen LogP contribution >= 0.6 is 0 Å². The molecule has 35 heavy (non-hydrogen) atoms. The second kappa shape index (κ2) is 10.8. The van der Waals surface area contributed by atoms with Crippen molar-refractivity contribution in [2.24, 2.45) is 0 Å². The number of hydrogen-bond donors (Lipinski definition) is 1. The Bertz CT molecular complexity index is 1340. The van der Waals surface area contributed by atoms with Gasteiger partial charge in [-0.25, -0.2) is 9.78 Å². The highest BCUT2D eigenvalue weighted by Crippen LogP contribution is 2.27. The maximum absolute atomic E-state index is 12.9. The van der Waals surface area contributed by atoms with Gasteiger partial charge >= 0.3 is 11.9 Å². The number of carbonyl (C=O) groups is 3. The van der Waals surface area contributed by atoms with E-state index in [9.17, 15) is 14.4 Å². The van der Waals surface area contributed by atoms with Crippen molar-refractivity contribution in [3.8, 4) is 11.5 Å². The summed E-state index contributed by atoms with van der Waals surface area (Å²) in [5.74, 6) is -0.934. The van der Waals surface area contributed by atoms with Gasteiger partial charge < -0.3 is 19.2 Å². The average Bonchev–Trinajstić information content (AvgIpc) is 3.30. The molecule has 0 aliphatic rings. The SMILES string of the molecule is CCOC(=O)CCC(NC(=O)c1ccc2cc(-c3nc4ccccc4o3)ccc2c1)C(=O)OCC. The van der Waals surface area contributed by atoms with Crippen molar-refractivity contribution in [2.45, 2.75) is 32.7 Å². The maximum atomic E-state index is 12.9. The minimum absolute atomic E-state index is 0.00603. The van der Waals surface area contributed by atoms with Gasteiger partial charge in [-0.05, 0) is 67.4 Å². The Labute approximate surface area is 202 Å². The van der Waals surface area contributed by atoms with Crippen LogP contribution in [0.15, 0.2) is 65.1 Å². The summed E-state index contributed by atoms with van der Waals surface area (Å²) in [6.45, 7) is 3.81. The van der Waals surface area contributed by atoms with Crippen molar-refractivity contribution in [3.63, 3.8) is 0 Å². The van der Waals surface area contributed by atoms with Crippen LogP contribution in [-0.2, 0) is 19.1 Å². The number of oxazole rings is 1. The van der Waals surface area contributed by atoms with E-state index in [0.29, 0.717) is 17.0 Å². The molecule has 3 aromatic carbocycles. The topological polar surface area (TPSA) is 108 Å².